The van der Waals surface area contributed by atoms with Crippen LogP contribution in [0.5, 0.6) is 0 Å². The molecular weight excluding hydrogens is 366 g/mol. The number of nitrogens with zero attached hydrogens (tertiary/aromatic N) is 3. The molecule has 2 fully saturated rings. The van der Waals surface area contributed by atoms with Crippen LogP contribution in [-0.4, -0.2) is 51.0 Å². The lowest BCUT2D eigenvalue weighted by molar-refractivity contribution is -0.131. The summed E-state index contributed by atoms with van der Waals surface area (Å²) < 4.78 is 0. The molecule has 2 amide bonds. The van der Waals surface area contributed by atoms with Gasteiger partial charge in [-0.05, 0) is 18.8 Å². The van der Waals surface area contributed by atoms with Gasteiger partial charge in [-0.15, -0.1) is 0 Å². The van der Waals surface area contributed by atoms with Crippen molar-refractivity contribution in [3.63, 3.8) is 0 Å². The molecule has 2 atom stereocenters. The third-order valence-corrected chi connectivity index (χ3v) is 6.14. The van der Waals surface area contributed by atoms with Crippen molar-refractivity contribution in [2.75, 3.05) is 13.1 Å². The number of likely N-dealkylation sites (tertiary alicyclic amines) is 1. The highest BCUT2D eigenvalue weighted by Gasteiger charge is 2.39. The van der Waals surface area contributed by atoms with Crippen LogP contribution in [0.15, 0.2) is 30.3 Å². The Morgan fingerprint density at radius 2 is 1.90 bits per heavy atom. The fourth-order valence-corrected chi connectivity index (χ4v) is 4.62. The number of aromatic nitrogens is 3. The van der Waals surface area contributed by atoms with E-state index in [2.05, 4.69) is 20.5 Å². The topological polar surface area (TPSA) is 91.0 Å². The summed E-state index contributed by atoms with van der Waals surface area (Å²) in [7, 11) is 0. The van der Waals surface area contributed by atoms with Crippen LogP contribution in [-0.2, 0) is 9.59 Å². The third-order valence-electron chi connectivity index (χ3n) is 6.14. The molecule has 1 aliphatic heterocycles. The van der Waals surface area contributed by atoms with Crippen molar-refractivity contribution < 1.29 is 9.59 Å². The Labute approximate surface area is 171 Å². The molecule has 2 N–H and O–H groups in total. The molecule has 7 heteroatoms. The summed E-state index contributed by atoms with van der Waals surface area (Å²) in [6.45, 7) is 2.59. The predicted octanol–water partition coefficient (Wildman–Crippen LogP) is 2.87. The van der Waals surface area contributed by atoms with Gasteiger partial charge in [-0.2, -0.15) is 5.10 Å². The summed E-state index contributed by atoms with van der Waals surface area (Å²) in [6.07, 6.45) is 6.67. The Kier molecular flexibility index (Phi) is 5.92. The maximum absolute atomic E-state index is 12.9. The quantitative estimate of drug-likeness (QED) is 0.814. The van der Waals surface area contributed by atoms with Gasteiger partial charge in [0.05, 0.1) is 12.0 Å². The fraction of sp³-hybridized carbons (Fsp3) is 0.545. The van der Waals surface area contributed by atoms with E-state index in [1.165, 1.54) is 26.2 Å². The molecule has 154 valence electrons. The Morgan fingerprint density at radius 1 is 1.14 bits per heavy atom. The van der Waals surface area contributed by atoms with Crippen molar-refractivity contribution in [1.29, 1.82) is 0 Å². The number of amides is 2. The Hall–Kier alpha value is -2.70. The Morgan fingerprint density at radius 3 is 2.62 bits per heavy atom. The van der Waals surface area contributed by atoms with Crippen LogP contribution in [0, 0.1) is 5.92 Å². The minimum absolute atomic E-state index is 0.0841. The molecule has 1 saturated heterocycles. The number of H-pyrrole nitrogens is 1. The number of nitrogens with one attached hydrogen (secondary N) is 2. The van der Waals surface area contributed by atoms with Gasteiger partial charge in [-0.1, -0.05) is 49.6 Å². The lowest BCUT2D eigenvalue weighted by atomic mass is 9.87. The Bertz CT molecular complexity index is 844. The number of carbonyl (C=O) groups excluding carboxylic acids is 2. The predicted molar refractivity (Wildman–Crippen MR) is 110 cm³/mol. The highest BCUT2D eigenvalue weighted by Crippen LogP contribution is 2.30. The van der Waals surface area contributed by atoms with Crippen molar-refractivity contribution >= 4 is 11.8 Å². The SMILES string of the molecule is CC(=O)N[C@@H]1CN(C(=O)CC2CCCCC2)C[C@H]1c1nc(-c2ccccc2)n[nH]1. The van der Waals surface area contributed by atoms with Crippen molar-refractivity contribution in [1.82, 2.24) is 25.4 Å². The lowest BCUT2D eigenvalue weighted by Crippen LogP contribution is -2.39. The molecule has 1 aromatic carbocycles. The number of rotatable bonds is 5. The minimum atomic E-state index is -0.153. The van der Waals surface area contributed by atoms with Crippen LogP contribution in [0.25, 0.3) is 11.4 Å². The minimum Gasteiger partial charge on any atom is -0.351 e. The van der Waals surface area contributed by atoms with E-state index in [1.54, 1.807) is 0 Å². The normalized spacial score (nSPS) is 22.6. The maximum atomic E-state index is 12.9. The lowest BCUT2D eigenvalue weighted by Gasteiger charge is -2.24. The van der Waals surface area contributed by atoms with Crippen LogP contribution in [0.4, 0.5) is 0 Å². The monoisotopic (exact) mass is 395 g/mol. The summed E-state index contributed by atoms with van der Waals surface area (Å²) in [5.41, 5.74) is 0.939. The first-order valence-corrected chi connectivity index (χ1v) is 10.6. The first kappa shape index (κ1) is 19.6. The number of carbonyl (C=O) groups is 2. The van der Waals surface area contributed by atoms with Gasteiger partial charge < -0.3 is 10.2 Å². The van der Waals surface area contributed by atoms with E-state index >= 15 is 0 Å². The van der Waals surface area contributed by atoms with E-state index in [4.69, 9.17) is 0 Å². The molecule has 2 heterocycles. The Balaban J connectivity index is 1.48. The molecule has 0 unspecified atom stereocenters. The van der Waals surface area contributed by atoms with E-state index in [0.717, 1.165) is 24.2 Å². The van der Waals surface area contributed by atoms with Crippen LogP contribution < -0.4 is 5.32 Å². The van der Waals surface area contributed by atoms with E-state index in [-0.39, 0.29) is 23.8 Å². The molecule has 0 bridgehead atoms. The first-order chi connectivity index (χ1) is 14.1. The van der Waals surface area contributed by atoms with Crippen LogP contribution in [0.1, 0.15) is 57.2 Å². The van der Waals surface area contributed by atoms with Gasteiger partial charge >= 0.3 is 0 Å². The molecule has 1 saturated carbocycles. The van der Waals surface area contributed by atoms with Gasteiger partial charge in [0.1, 0.15) is 5.82 Å². The van der Waals surface area contributed by atoms with E-state index < -0.39 is 0 Å². The summed E-state index contributed by atoms with van der Waals surface area (Å²) in [5.74, 6) is 1.87. The molecule has 0 radical (unpaired) electrons. The number of hydrogen-bond donors (Lipinski definition) is 2. The van der Waals surface area contributed by atoms with Crippen LogP contribution in [0.3, 0.4) is 0 Å². The van der Waals surface area contributed by atoms with Crippen molar-refractivity contribution in [2.45, 2.75) is 57.4 Å². The van der Waals surface area contributed by atoms with Gasteiger partial charge in [0.15, 0.2) is 5.82 Å². The van der Waals surface area contributed by atoms with Gasteiger partial charge in [-0.3, -0.25) is 14.7 Å². The second-order valence-electron chi connectivity index (χ2n) is 8.33. The largest absolute Gasteiger partial charge is 0.351 e. The average Bonchev–Trinajstić information content (AvgIpc) is 3.36. The smallest absolute Gasteiger partial charge is 0.222 e. The molecule has 4 rings (SSSR count). The average molecular weight is 396 g/mol. The summed E-state index contributed by atoms with van der Waals surface area (Å²) >= 11 is 0. The standard InChI is InChI=1S/C22H29N5O2/c1-15(28)23-19-14-27(20(29)12-16-8-4-2-5-9-16)13-18(19)22-24-21(25-26-22)17-10-6-3-7-11-17/h3,6-7,10-11,16,18-19H,2,4-5,8-9,12-14H2,1H3,(H,23,28)(H,24,25,26)/t18-,19-/m1/s1. The molecule has 1 aliphatic carbocycles. The van der Waals surface area contributed by atoms with Gasteiger partial charge in [-0.25, -0.2) is 4.98 Å². The molecule has 2 aliphatic rings. The summed E-state index contributed by atoms with van der Waals surface area (Å²) in [5, 5.41) is 10.4. The highest BCUT2D eigenvalue weighted by atomic mass is 16.2. The molecule has 2 aromatic rings. The van der Waals surface area contributed by atoms with Crippen molar-refractivity contribution in [3.05, 3.63) is 36.2 Å². The molecule has 1 aromatic heterocycles. The highest BCUT2D eigenvalue weighted by molar-refractivity contribution is 5.78. The van der Waals surface area contributed by atoms with Gasteiger partial charge in [0, 0.05) is 32.0 Å². The van der Waals surface area contributed by atoms with Gasteiger partial charge in [0.25, 0.3) is 0 Å². The first-order valence-electron chi connectivity index (χ1n) is 10.6. The van der Waals surface area contributed by atoms with Crippen LogP contribution in [0.2, 0.25) is 0 Å². The zero-order valence-corrected chi connectivity index (χ0v) is 16.9. The van der Waals surface area contributed by atoms with Crippen LogP contribution >= 0.6 is 0 Å². The molecular formula is C22H29N5O2. The van der Waals surface area contributed by atoms with E-state index in [1.807, 2.05) is 35.2 Å². The van der Waals surface area contributed by atoms with Crippen molar-refractivity contribution in [3.8, 4) is 11.4 Å². The second-order valence-corrected chi connectivity index (χ2v) is 8.33. The van der Waals surface area contributed by atoms with E-state index in [9.17, 15) is 9.59 Å². The number of aromatic amines is 1. The zero-order valence-electron chi connectivity index (χ0n) is 16.9. The van der Waals surface area contributed by atoms with E-state index in [0.29, 0.717) is 31.3 Å². The third kappa shape index (κ3) is 4.66. The second kappa shape index (κ2) is 8.76. The summed E-state index contributed by atoms with van der Waals surface area (Å²) in [6, 6.07) is 9.63. The number of hydrogen-bond acceptors (Lipinski definition) is 4. The van der Waals surface area contributed by atoms with Gasteiger partial charge in [0.2, 0.25) is 11.8 Å². The molecule has 29 heavy (non-hydrogen) atoms. The fourth-order valence-electron chi connectivity index (χ4n) is 4.62. The summed E-state index contributed by atoms with van der Waals surface area (Å²) in [4.78, 5) is 31.2. The van der Waals surface area contributed by atoms with Crippen molar-refractivity contribution in [2.24, 2.45) is 5.92 Å². The zero-order chi connectivity index (χ0) is 20.2. The maximum Gasteiger partial charge on any atom is 0.222 e. The molecule has 7 nitrogen and oxygen atoms in total. The number of benzene rings is 1. The molecule has 0 spiro atoms.